The summed E-state index contributed by atoms with van der Waals surface area (Å²) in [4.78, 5) is 8.81. The molecule has 2 N–H and O–H groups in total. The van der Waals surface area contributed by atoms with Gasteiger partial charge in [-0.3, -0.25) is 0 Å². The highest BCUT2D eigenvalue weighted by Gasteiger charge is 2.09. The van der Waals surface area contributed by atoms with Crippen LogP contribution in [0.3, 0.4) is 0 Å². The molecule has 1 heterocycles. The van der Waals surface area contributed by atoms with E-state index >= 15 is 0 Å². The standard InChI is InChI=1S/C14H17BrN4/c1-8-5-6-12(11(15)7-8)19-14-9(2)13(16-4)17-10(3)18-14/h5-7H,1-4H3,(H2,16,17,18,19). The Hall–Kier alpha value is -1.62. The van der Waals surface area contributed by atoms with Crippen LogP contribution in [0, 0.1) is 20.8 Å². The molecule has 100 valence electrons. The Bertz CT molecular complexity index is 611. The molecular weight excluding hydrogens is 304 g/mol. The number of nitrogens with zero attached hydrogens (tertiary/aromatic N) is 2. The van der Waals surface area contributed by atoms with Gasteiger partial charge in [-0.15, -0.1) is 0 Å². The minimum Gasteiger partial charge on any atom is -0.373 e. The molecule has 0 fully saturated rings. The molecule has 0 atom stereocenters. The van der Waals surface area contributed by atoms with Gasteiger partial charge in [-0.2, -0.15) is 0 Å². The predicted octanol–water partition coefficient (Wildman–Crippen LogP) is 3.95. The van der Waals surface area contributed by atoms with Gasteiger partial charge < -0.3 is 10.6 Å². The Morgan fingerprint density at radius 1 is 1.05 bits per heavy atom. The molecule has 0 saturated heterocycles. The average Bonchev–Trinajstić information content (AvgIpc) is 2.36. The van der Waals surface area contributed by atoms with Gasteiger partial charge in [0.15, 0.2) is 0 Å². The van der Waals surface area contributed by atoms with Crippen LogP contribution in [0.15, 0.2) is 22.7 Å². The van der Waals surface area contributed by atoms with Gasteiger partial charge in [-0.05, 0) is 54.4 Å². The summed E-state index contributed by atoms with van der Waals surface area (Å²) in [5, 5.41) is 6.43. The SMILES string of the molecule is CNc1nc(C)nc(Nc2ccc(C)cc2Br)c1C. The maximum absolute atomic E-state index is 4.46. The molecule has 2 rings (SSSR count). The minimum atomic E-state index is 0.737. The van der Waals surface area contributed by atoms with E-state index in [1.165, 1.54) is 5.56 Å². The monoisotopic (exact) mass is 320 g/mol. The first kappa shape index (κ1) is 13.8. The Balaban J connectivity index is 2.40. The van der Waals surface area contributed by atoms with Crippen LogP contribution in [0.1, 0.15) is 17.0 Å². The van der Waals surface area contributed by atoms with E-state index in [4.69, 9.17) is 0 Å². The predicted molar refractivity (Wildman–Crippen MR) is 83.2 cm³/mol. The number of hydrogen-bond acceptors (Lipinski definition) is 4. The number of anilines is 3. The van der Waals surface area contributed by atoms with Crippen molar-refractivity contribution >= 4 is 33.3 Å². The molecule has 0 aliphatic heterocycles. The molecule has 19 heavy (non-hydrogen) atoms. The van der Waals surface area contributed by atoms with E-state index < -0.39 is 0 Å². The van der Waals surface area contributed by atoms with Crippen molar-refractivity contribution in [1.82, 2.24) is 9.97 Å². The third kappa shape index (κ3) is 3.04. The van der Waals surface area contributed by atoms with Crippen LogP contribution < -0.4 is 10.6 Å². The first-order valence-electron chi connectivity index (χ1n) is 6.07. The summed E-state index contributed by atoms with van der Waals surface area (Å²) in [5.74, 6) is 2.40. The van der Waals surface area contributed by atoms with E-state index in [0.29, 0.717) is 0 Å². The first-order chi connectivity index (χ1) is 9.01. The molecule has 4 nitrogen and oxygen atoms in total. The first-order valence-corrected chi connectivity index (χ1v) is 6.86. The van der Waals surface area contributed by atoms with Crippen LogP contribution in [0.5, 0.6) is 0 Å². The zero-order valence-corrected chi connectivity index (χ0v) is 13.1. The van der Waals surface area contributed by atoms with E-state index in [2.05, 4.69) is 55.6 Å². The zero-order chi connectivity index (χ0) is 14.0. The third-order valence-corrected chi connectivity index (χ3v) is 3.53. The van der Waals surface area contributed by atoms with Crippen LogP contribution in [0.2, 0.25) is 0 Å². The van der Waals surface area contributed by atoms with E-state index in [9.17, 15) is 0 Å². The molecule has 0 unspecified atom stereocenters. The Labute approximate surface area is 121 Å². The molecule has 0 spiro atoms. The second kappa shape index (κ2) is 5.57. The topological polar surface area (TPSA) is 49.8 Å². The Kier molecular flexibility index (Phi) is 4.04. The summed E-state index contributed by atoms with van der Waals surface area (Å²) in [5.41, 5.74) is 3.21. The van der Waals surface area contributed by atoms with Crippen molar-refractivity contribution in [1.29, 1.82) is 0 Å². The molecule has 1 aromatic heterocycles. The van der Waals surface area contributed by atoms with Crippen molar-refractivity contribution in [2.75, 3.05) is 17.7 Å². The summed E-state index contributed by atoms with van der Waals surface area (Å²) < 4.78 is 1.02. The summed E-state index contributed by atoms with van der Waals surface area (Å²) in [6, 6.07) is 6.18. The van der Waals surface area contributed by atoms with Crippen molar-refractivity contribution in [2.24, 2.45) is 0 Å². The van der Waals surface area contributed by atoms with Crippen molar-refractivity contribution in [3.05, 3.63) is 39.6 Å². The maximum Gasteiger partial charge on any atom is 0.139 e. The summed E-state index contributed by atoms with van der Waals surface area (Å²) in [6.07, 6.45) is 0. The fourth-order valence-corrected chi connectivity index (χ4v) is 2.44. The maximum atomic E-state index is 4.46. The number of aryl methyl sites for hydroxylation is 2. The summed E-state index contributed by atoms with van der Waals surface area (Å²) >= 11 is 3.56. The lowest BCUT2D eigenvalue weighted by Gasteiger charge is -2.14. The van der Waals surface area contributed by atoms with Crippen LogP contribution in [-0.2, 0) is 0 Å². The molecular formula is C14H17BrN4. The van der Waals surface area contributed by atoms with Crippen molar-refractivity contribution in [3.63, 3.8) is 0 Å². The second-order valence-corrected chi connectivity index (χ2v) is 5.31. The lowest BCUT2D eigenvalue weighted by molar-refractivity contribution is 1.03. The molecule has 1 aromatic carbocycles. The molecule has 0 aliphatic carbocycles. The number of rotatable bonds is 3. The van der Waals surface area contributed by atoms with Gasteiger partial charge in [0.25, 0.3) is 0 Å². The molecule has 0 amide bonds. The van der Waals surface area contributed by atoms with Crippen molar-refractivity contribution in [3.8, 4) is 0 Å². The van der Waals surface area contributed by atoms with E-state index in [1.807, 2.05) is 27.0 Å². The average molecular weight is 321 g/mol. The highest BCUT2D eigenvalue weighted by Crippen LogP contribution is 2.29. The third-order valence-electron chi connectivity index (χ3n) is 2.87. The quantitative estimate of drug-likeness (QED) is 0.899. The highest BCUT2D eigenvalue weighted by atomic mass is 79.9. The molecule has 0 radical (unpaired) electrons. The van der Waals surface area contributed by atoms with Gasteiger partial charge in [0.05, 0.1) is 5.69 Å². The minimum absolute atomic E-state index is 0.737. The normalized spacial score (nSPS) is 10.4. The van der Waals surface area contributed by atoms with Gasteiger partial charge in [-0.1, -0.05) is 6.07 Å². The highest BCUT2D eigenvalue weighted by molar-refractivity contribution is 9.10. The molecule has 2 aromatic rings. The van der Waals surface area contributed by atoms with Gasteiger partial charge in [-0.25, -0.2) is 9.97 Å². The van der Waals surface area contributed by atoms with Gasteiger partial charge >= 0.3 is 0 Å². The van der Waals surface area contributed by atoms with Gasteiger partial charge in [0, 0.05) is 17.1 Å². The number of hydrogen-bond donors (Lipinski definition) is 2. The summed E-state index contributed by atoms with van der Waals surface area (Å²) in [7, 11) is 1.86. The molecule has 5 heteroatoms. The lowest BCUT2D eigenvalue weighted by Crippen LogP contribution is -2.05. The van der Waals surface area contributed by atoms with Crippen molar-refractivity contribution < 1.29 is 0 Å². The number of benzene rings is 1. The van der Waals surface area contributed by atoms with Crippen LogP contribution >= 0.6 is 15.9 Å². The lowest BCUT2D eigenvalue weighted by atomic mass is 10.2. The Morgan fingerprint density at radius 2 is 1.74 bits per heavy atom. The second-order valence-electron chi connectivity index (χ2n) is 4.45. The van der Waals surface area contributed by atoms with Crippen LogP contribution in [0.4, 0.5) is 17.3 Å². The van der Waals surface area contributed by atoms with Crippen LogP contribution in [-0.4, -0.2) is 17.0 Å². The molecule has 0 aliphatic rings. The Morgan fingerprint density at radius 3 is 2.37 bits per heavy atom. The fourth-order valence-electron chi connectivity index (χ4n) is 1.84. The van der Waals surface area contributed by atoms with Gasteiger partial charge in [0.1, 0.15) is 17.5 Å². The molecule has 0 bridgehead atoms. The summed E-state index contributed by atoms with van der Waals surface area (Å²) in [6.45, 7) is 5.94. The number of halogens is 1. The van der Waals surface area contributed by atoms with Crippen LogP contribution in [0.25, 0.3) is 0 Å². The number of nitrogens with one attached hydrogen (secondary N) is 2. The number of aromatic nitrogens is 2. The van der Waals surface area contributed by atoms with E-state index in [0.717, 1.165) is 33.2 Å². The van der Waals surface area contributed by atoms with E-state index in [-0.39, 0.29) is 0 Å². The largest absolute Gasteiger partial charge is 0.373 e. The zero-order valence-electron chi connectivity index (χ0n) is 11.5. The fraction of sp³-hybridized carbons (Fsp3) is 0.286. The van der Waals surface area contributed by atoms with Gasteiger partial charge in [0.2, 0.25) is 0 Å². The smallest absolute Gasteiger partial charge is 0.139 e. The van der Waals surface area contributed by atoms with E-state index in [1.54, 1.807) is 0 Å². The van der Waals surface area contributed by atoms with Crippen molar-refractivity contribution in [2.45, 2.75) is 20.8 Å². The molecule has 0 saturated carbocycles.